The second-order valence-electron chi connectivity index (χ2n) is 4.01. The molecular weight excluding hydrogens is 333 g/mol. The third kappa shape index (κ3) is 2.94. The van der Waals surface area contributed by atoms with Crippen LogP contribution in [0.15, 0.2) is 35.7 Å². The average Bonchev–Trinajstić information content (AvgIpc) is 3.12. The number of anilines is 1. The van der Waals surface area contributed by atoms with E-state index in [1.165, 1.54) is 29.5 Å². The first-order valence-corrected chi connectivity index (χ1v) is 7.81. The molecule has 0 saturated heterocycles. The topological polar surface area (TPSA) is 54.9 Å². The van der Waals surface area contributed by atoms with Gasteiger partial charge in [-0.1, -0.05) is 22.2 Å². The van der Waals surface area contributed by atoms with Crippen molar-refractivity contribution in [2.24, 2.45) is 0 Å². The van der Waals surface area contributed by atoms with E-state index >= 15 is 0 Å². The Morgan fingerprint density at radius 3 is 2.90 bits per heavy atom. The lowest BCUT2D eigenvalue weighted by Crippen LogP contribution is -2.11. The van der Waals surface area contributed by atoms with Gasteiger partial charge in [0.25, 0.3) is 5.91 Å². The fourth-order valence-electron chi connectivity index (χ4n) is 1.68. The Morgan fingerprint density at radius 2 is 2.19 bits per heavy atom. The molecule has 0 radical (unpaired) electrons. The Labute approximate surface area is 132 Å². The number of thiophene rings is 1. The van der Waals surface area contributed by atoms with Gasteiger partial charge in [0, 0.05) is 5.69 Å². The molecule has 0 saturated carbocycles. The molecule has 0 aliphatic heterocycles. The zero-order chi connectivity index (χ0) is 14.8. The molecule has 8 heteroatoms. The molecule has 3 rings (SSSR count). The van der Waals surface area contributed by atoms with Gasteiger partial charge in [-0.15, -0.1) is 16.4 Å². The first kappa shape index (κ1) is 14.1. The summed E-state index contributed by atoms with van der Waals surface area (Å²) in [4.78, 5) is 13.5. The van der Waals surface area contributed by atoms with Crippen molar-refractivity contribution in [1.29, 1.82) is 0 Å². The normalized spacial score (nSPS) is 10.6. The summed E-state index contributed by atoms with van der Waals surface area (Å²) in [5.74, 6) is -0.885. The first-order valence-electron chi connectivity index (χ1n) is 5.78. The SMILES string of the molecule is O=C(Nc1ccc(F)c(Cl)c1)c1snnc1-c1cccs1. The molecule has 2 heterocycles. The van der Waals surface area contributed by atoms with Gasteiger partial charge in [-0.25, -0.2) is 4.39 Å². The number of carbonyl (C=O) groups excluding carboxylic acids is 1. The zero-order valence-corrected chi connectivity index (χ0v) is 12.7. The third-order valence-corrected chi connectivity index (χ3v) is 4.52. The van der Waals surface area contributed by atoms with Crippen molar-refractivity contribution in [1.82, 2.24) is 9.59 Å². The van der Waals surface area contributed by atoms with Crippen LogP contribution in [0.1, 0.15) is 9.67 Å². The molecule has 0 unspecified atom stereocenters. The molecule has 4 nitrogen and oxygen atoms in total. The van der Waals surface area contributed by atoms with Gasteiger partial charge in [0.2, 0.25) is 0 Å². The molecule has 0 aliphatic carbocycles. The van der Waals surface area contributed by atoms with Gasteiger partial charge in [0.15, 0.2) is 0 Å². The smallest absolute Gasteiger partial charge is 0.269 e. The average molecular weight is 340 g/mol. The minimum Gasteiger partial charge on any atom is -0.321 e. The van der Waals surface area contributed by atoms with Crippen LogP contribution in [0, 0.1) is 5.82 Å². The highest BCUT2D eigenvalue weighted by Crippen LogP contribution is 2.29. The van der Waals surface area contributed by atoms with Gasteiger partial charge >= 0.3 is 0 Å². The van der Waals surface area contributed by atoms with E-state index < -0.39 is 5.82 Å². The van der Waals surface area contributed by atoms with Crippen LogP contribution in [0.3, 0.4) is 0 Å². The van der Waals surface area contributed by atoms with Crippen molar-refractivity contribution >= 4 is 46.1 Å². The molecule has 3 aromatic rings. The number of halogens is 2. The summed E-state index contributed by atoms with van der Waals surface area (Å²) in [5, 5.41) is 8.50. The minimum atomic E-state index is -0.534. The van der Waals surface area contributed by atoms with Crippen LogP contribution in [0.2, 0.25) is 5.02 Å². The van der Waals surface area contributed by atoms with Crippen molar-refractivity contribution in [3.63, 3.8) is 0 Å². The lowest BCUT2D eigenvalue weighted by atomic mass is 10.2. The van der Waals surface area contributed by atoms with E-state index in [2.05, 4.69) is 14.9 Å². The maximum absolute atomic E-state index is 13.1. The minimum absolute atomic E-state index is 0.0475. The molecule has 0 spiro atoms. The zero-order valence-electron chi connectivity index (χ0n) is 10.3. The van der Waals surface area contributed by atoms with Crippen LogP contribution in [-0.2, 0) is 0 Å². The number of nitrogens with zero attached hydrogens (tertiary/aromatic N) is 2. The fourth-order valence-corrected chi connectivity index (χ4v) is 3.21. The van der Waals surface area contributed by atoms with Crippen LogP contribution in [0.25, 0.3) is 10.6 Å². The summed E-state index contributed by atoms with van der Waals surface area (Å²) in [5.41, 5.74) is 0.956. The van der Waals surface area contributed by atoms with Crippen molar-refractivity contribution < 1.29 is 9.18 Å². The van der Waals surface area contributed by atoms with E-state index in [1.54, 1.807) is 0 Å². The predicted molar refractivity (Wildman–Crippen MR) is 82.6 cm³/mol. The molecule has 2 aromatic heterocycles. The Hall–Kier alpha value is -1.83. The molecule has 106 valence electrons. The highest BCUT2D eigenvalue weighted by Gasteiger charge is 2.18. The molecule has 21 heavy (non-hydrogen) atoms. The molecule has 1 N–H and O–H groups in total. The van der Waals surface area contributed by atoms with Gasteiger partial charge in [0.05, 0.1) is 9.90 Å². The number of aromatic nitrogens is 2. The summed E-state index contributed by atoms with van der Waals surface area (Å²) in [6.45, 7) is 0. The van der Waals surface area contributed by atoms with E-state index in [4.69, 9.17) is 11.6 Å². The second-order valence-corrected chi connectivity index (χ2v) is 6.12. The molecule has 0 fully saturated rings. The summed E-state index contributed by atoms with van der Waals surface area (Å²) in [7, 11) is 0. The third-order valence-electron chi connectivity index (χ3n) is 2.63. The lowest BCUT2D eigenvalue weighted by molar-refractivity contribution is 0.103. The number of hydrogen-bond acceptors (Lipinski definition) is 5. The number of carbonyl (C=O) groups is 1. The van der Waals surface area contributed by atoms with E-state index in [-0.39, 0.29) is 10.9 Å². The van der Waals surface area contributed by atoms with Crippen LogP contribution < -0.4 is 5.32 Å². The standard InChI is InChI=1S/C13H7ClFN3OS2/c14-8-6-7(3-4-9(8)15)16-13(19)12-11(17-18-21-12)10-2-1-5-20-10/h1-6H,(H,16,19). The Morgan fingerprint density at radius 1 is 1.33 bits per heavy atom. The van der Waals surface area contributed by atoms with Gasteiger partial charge in [-0.2, -0.15) is 0 Å². The molecule has 0 aliphatic rings. The highest BCUT2D eigenvalue weighted by molar-refractivity contribution is 7.14. The largest absolute Gasteiger partial charge is 0.321 e. The number of nitrogens with one attached hydrogen (secondary N) is 1. The first-order chi connectivity index (χ1) is 10.1. The summed E-state index contributed by atoms with van der Waals surface area (Å²) in [6.07, 6.45) is 0. The maximum Gasteiger partial charge on any atom is 0.269 e. The van der Waals surface area contributed by atoms with Gasteiger partial charge in [0.1, 0.15) is 16.4 Å². The second kappa shape index (κ2) is 5.88. The number of benzene rings is 1. The molecule has 1 aromatic carbocycles. The fraction of sp³-hybridized carbons (Fsp3) is 0. The van der Waals surface area contributed by atoms with Crippen LogP contribution in [0.5, 0.6) is 0 Å². The van der Waals surface area contributed by atoms with Crippen molar-refractivity contribution in [2.45, 2.75) is 0 Å². The summed E-state index contributed by atoms with van der Waals surface area (Å²) in [6, 6.07) is 7.74. The number of amides is 1. The van der Waals surface area contributed by atoms with E-state index in [0.717, 1.165) is 16.4 Å². The Balaban J connectivity index is 1.86. The quantitative estimate of drug-likeness (QED) is 0.773. The Bertz CT molecular complexity index is 789. The van der Waals surface area contributed by atoms with Crippen LogP contribution >= 0.6 is 34.5 Å². The summed E-state index contributed by atoms with van der Waals surface area (Å²) < 4.78 is 16.9. The van der Waals surface area contributed by atoms with Crippen LogP contribution in [0.4, 0.5) is 10.1 Å². The monoisotopic (exact) mass is 339 g/mol. The van der Waals surface area contributed by atoms with Gasteiger partial charge < -0.3 is 5.32 Å². The summed E-state index contributed by atoms with van der Waals surface area (Å²) >= 11 is 8.17. The van der Waals surface area contributed by atoms with Crippen molar-refractivity contribution in [3.05, 3.63) is 51.4 Å². The van der Waals surface area contributed by atoms with Crippen LogP contribution in [-0.4, -0.2) is 15.5 Å². The molecular formula is C13H7ClFN3OS2. The number of hydrogen-bond donors (Lipinski definition) is 1. The maximum atomic E-state index is 13.1. The Kier molecular flexibility index (Phi) is 3.96. The molecule has 0 atom stereocenters. The van der Waals surface area contributed by atoms with E-state index in [9.17, 15) is 9.18 Å². The molecule has 1 amide bonds. The van der Waals surface area contributed by atoms with Crippen molar-refractivity contribution in [2.75, 3.05) is 5.32 Å². The van der Waals surface area contributed by atoms with E-state index in [1.807, 2.05) is 17.5 Å². The predicted octanol–water partition coefficient (Wildman–Crippen LogP) is 4.31. The van der Waals surface area contributed by atoms with E-state index in [0.29, 0.717) is 16.3 Å². The molecule has 0 bridgehead atoms. The van der Waals surface area contributed by atoms with Crippen molar-refractivity contribution in [3.8, 4) is 10.6 Å². The van der Waals surface area contributed by atoms with Gasteiger partial charge in [-0.3, -0.25) is 4.79 Å². The lowest BCUT2D eigenvalue weighted by Gasteiger charge is -2.05. The number of rotatable bonds is 3. The van der Waals surface area contributed by atoms with Gasteiger partial charge in [-0.05, 0) is 41.2 Å². The highest BCUT2D eigenvalue weighted by atomic mass is 35.5.